The molecular weight excluding hydrogens is 368 g/mol. The lowest BCUT2D eigenvalue weighted by Gasteiger charge is -2.21. The van der Waals surface area contributed by atoms with Crippen LogP contribution in [0.4, 0.5) is 5.69 Å². The lowest BCUT2D eigenvalue weighted by atomic mass is 10.1. The second-order valence-corrected chi connectivity index (χ2v) is 7.60. The number of esters is 1. The van der Waals surface area contributed by atoms with Gasteiger partial charge in [0.15, 0.2) is 0 Å². The van der Waals surface area contributed by atoms with Gasteiger partial charge in [-0.3, -0.25) is 14.9 Å². The van der Waals surface area contributed by atoms with Gasteiger partial charge in [-0.25, -0.2) is 13.2 Å². The topological polar surface area (TPSA) is 144 Å². The van der Waals surface area contributed by atoms with Crippen LogP contribution in [0.5, 0.6) is 0 Å². The van der Waals surface area contributed by atoms with E-state index in [2.05, 4.69) is 0 Å². The number of nitro groups is 1. The van der Waals surface area contributed by atoms with E-state index in [1.807, 2.05) is 0 Å². The molecule has 1 fully saturated rings. The van der Waals surface area contributed by atoms with E-state index in [0.717, 1.165) is 16.4 Å². The number of sulfonamides is 1. The average Bonchev–Trinajstić information content (AvgIpc) is 3.05. The van der Waals surface area contributed by atoms with Gasteiger partial charge in [0.05, 0.1) is 22.0 Å². The van der Waals surface area contributed by atoms with E-state index in [0.29, 0.717) is 6.42 Å². The molecular formula is C15H18N2O8S. The molecule has 10 nitrogen and oxygen atoms in total. The van der Waals surface area contributed by atoms with Crippen LogP contribution in [0.3, 0.4) is 0 Å². The van der Waals surface area contributed by atoms with Crippen LogP contribution in [0, 0.1) is 17.0 Å². The molecule has 1 aromatic rings. The Morgan fingerprint density at radius 1 is 1.42 bits per heavy atom. The minimum absolute atomic E-state index is 0.0102. The molecule has 1 saturated heterocycles. The summed E-state index contributed by atoms with van der Waals surface area (Å²) in [6, 6.07) is 0.587. The maximum Gasteiger partial charge on any atom is 0.338 e. The summed E-state index contributed by atoms with van der Waals surface area (Å²) >= 11 is 0. The summed E-state index contributed by atoms with van der Waals surface area (Å²) in [6.07, 6.45) is 0.502. The summed E-state index contributed by atoms with van der Waals surface area (Å²) in [5.74, 6) is -2.18. The molecule has 26 heavy (non-hydrogen) atoms. The number of hydrogen-bond acceptors (Lipinski definition) is 7. The highest BCUT2D eigenvalue weighted by Crippen LogP contribution is 2.31. The predicted octanol–water partition coefficient (Wildman–Crippen LogP) is 1.32. The van der Waals surface area contributed by atoms with Gasteiger partial charge in [-0.05, 0) is 32.8 Å². The lowest BCUT2D eigenvalue weighted by Crippen LogP contribution is -2.40. The monoisotopic (exact) mass is 386 g/mol. The number of nitro benzene ring substituents is 1. The second-order valence-electron chi connectivity index (χ2n) is 5.70. The fourth-order valence-corrected chi connectivity index (χ4v) is 4.54. The number of hydrogen-bond donors (Lipinski definition) is 1. The molecule has 11 heteroatoms. The van der Waals surface area contributed by atoms with Gasteiger partial charge in [-0.1, -0.05) is 0 Å². The summed E-state index contributed by atoms with van der Waals surface area (Å²) in [4.78, 5) is 33.3. The standard InChI is InChI=1S/C15H18N2O8S/c1-3-25-15(20)11-7-10(8-13(9(11)2)17(21)22)26(23,24)16-6-4-5-12(16)14(18)19/h7-8,12H,3-6H2,1-2H3,(H,18,19). The van der Waals surface area contributed by atoms with Gasteiger partial charge in [0, 0.05) is 18.2 Å². The summed E-state index contributed by atoms with van der Waals surface area (Å²) in [7, 11) is -4.34. The number of carboxylic acids is 1. The number of rotatable bonds is 6. The molecule has 0 aromatic heterocycles. The first-order valence-electron chi connectivity index (χ1n) is 7.82. The Morgan fingerprint density at radius 3 is 2.62 bits per heavy atom. The van der Waals surface area contributed by atoms with Crippen LogP contribution in [0.1, 0.15) is 35.7 Å². The lowest BCUT2D eigenvalue weighted by molar-refractivity contribution is -0.385. The minimum Gasteiger partial charge on any atom is -0.480 e. The van der Waals surface area contributed by atoms with Gasteiger partial charge in [0.25, 0.3) is 5.69 Å². The zero-order chi connectivity index (χ0) is 19.6. The largest absolute Gasteiger partial charge is 0.480 e. The van der Waals surface area contributed by atoms with Gasteiger partial charge in [0.1, 0.15) is 6.04 Å². The molecule has 1 unspecified atom stereocenters. The SMILES string of the molecule is CCOC(=O)c1cc(S(=O)(=O)N2CCCC2C(=O)O)cc([N+](=O)[O-])c1C. The zero-order valence-electron chi connectivity index (χ0n) is 14.2. The molecule has 0 saturated carbocycles. The van der Waals surface area contributed by atoms with E-state index in [1.54, 1.807) is 6.92 Å². The van der Waals surface area contributed by atoms with Crippen molar-refractivity contribution in [3.8, 4) is 0 Å². The van der Waals surface area contributed by atoms with E-state index in [4.69, 9.17) is 4.74 Å². The molecule has 0 spiro atoms. The van der Waals surface area contributed by atoms with Crippen LogP contribution in [0.25, 0.3) is 0 Å². The number of aliphatic carboxylic acids is 1. The molecule has 1 atom stereocenters. The Bertz CT molecular complexity index is 865. The molecule has 1 aromatic carbocycles. The molecule has 0 bridgehead atoms. The van der Waals surface area contributed by atoms with E-state index in [-0.39, 0.29) is 30.7 Å². The number of carbonyl (C=O) groups is 2. The predicted molar refractivity (Wildman–Crippen MR) is 88.3 cm³/mol. The highest BCUT2D eigenvalue weighted by atomic mass is 32.2. The Kier molecular flexibility index (Phi) is 5.62. The number of nitrogens with zero attached hydrogens (tertiary/aromatic N) is 2. The maximum absolute atomic E-state index is 12.9. The van der Waals surface area contributed by atoms with E-state index < -0.39 is 43.5 Å². The van der Waals surface area contributed by atoms with Crippen LogP contribution in [-0.4, -0.2) is 53.9 Å². The van der Waals surface area contributed by atoms with Gasteiger partial charge >= 0.3 is 11.9 Å². The summed E-state index contributed by atoms with van der Waals surface area (Å²) < 4.78 is 31.3. The smallest absolute Gasteiger partial charge is 0.338 e. The third-order valence-electron chi connectivity index (χ3n) is 4.14. The third-order valence-corrected chi connectivity index (χ3v) is 6.03. The van der Waals surface area contributed by atoms with Crippen molar-refractivity contribution >= 4 is 27.6 Å². The first-order chi connectivity index (χ1) is 12.1. The number of ether oxygens (including phenoxy) is 1. The fourth-order valence-electron chi connectivity index (χ4n) is 2.84. The molecule has 0 amide bonds. The average molecular weight is 386 g/mol. The number of benzene rings is 1. The Balaban J connectivity index is 2.63. The Morgan fingerprint density at radius 2 is 2.08 bits per heavy atom. The third kappa shape index (κ3) is 3.53. The van der Waals surface area contributed by atoms with Crippen molar-refractivity contribution in [2.45, 2.75) is 37.6 Å². The first kappa shape index (κ1) is 19.8. The van der Waals surface area contributed by atoms with Crippen molar-refractivity contribution in [3.63, 3.8) is 0 Å². The normalized spacial score (nSPS) is 17.8. The van der Waals surface area contributed by atoms with Crippen LogP contribution in [0.2, 0.25) is 0 Å². The van der Waals surface area contributed by atoms with Crippen molar-refractivity contribution in [1.82, 2.24) is 4.31 Å². The summed E-state index contributed by atoms with van der Waals surface area (Å²) in [5, 5.41) is 20.5. The number of carboxylic acid groups (broad SMARTS) is 1. The van der Waals surface area contributed by atoms with E-state index in [9.17, 15) is 33.2 Å². The van der Waals surface area contributed by atoms with Crippen molar-refractivity contribution in [3.05, 3.63) is 33.4 Å². The summed E-state index contributed by atoms with van der Waals surface area (Å²) in [5.41, 5.74) is -0.825. The molecule has 0 radical (unpaired) electrons. The van der Waals surface area contributed by atoms with Gasteiger partial charge in [0.2, 0.25) is 10.0 Å². The minimum atomic E-state index is -4.34. The van der Waals surface area contributed by atoms with Gasteiger partial charge in [-0.15, -0.1) is 0 Å². The molecule has 1 aliphatic heterocycles. The molecule has 0 aliphatic carbocycles. The van der Waals surface area contributed by atoms with Crippen molar-refractivity contribution < 1.29 is 32.8 Å². The van der Waals surface area contributed by atoms with E-state index in [1.165, 1.54) is 6.92 Å². The van der Waals surface area contributed by atoms with Gasteiger partial charge < -0.3 is 9.84 Å². The van der Waals surface area contributed by atoms with Crippen molar-refractivity contribution in [1.29, 1.82) is 0 Å². The Hall–Kier alpha value is -2.53. The molecule has 1 heterocycles. The van der Waals surface area contributed by atoms with Crippen LogP contribution in [-0.2, 0) is 19.6 Å². The van der Waals surface area contributed by atoms with Crippen molar-refractivity contribution in [2.75, 3.05) is 13.2 Å². The van der Waals surface area contributed by atoms with Gasteiger partial charge in [-0.2, -0.15) is 4.31 Å². The number of carbonyl (C=O) groups excluding carboxylic acids is 1. The quantitative estimate of drug-likeness (QED) is 0.438. The molecule has 1 N–H and O–H groups in total. The van der Waals surface area contributed by atoms with E-state index >= 15 is 0 Å². The Labute approximate surface area is 149 Å². The second kappa shape index (κ2) is 7.38. The fraction of sp³-hybridized carbons (Fsp3) is 0.467. The highest BCUT2D eigenvalue weighted by Gasteiger charge is 2.40. The molecule has 2 rings (SSSR count). The maximum atomic E-state index is 12.9. The van der Waals surface area contributed by atoms with Crippen LogP contribution >= 0.6 is 0 Å². The molecule has 1 aliphatic rings. The highest BCUT2D eigenvalue weighted by molar-refractivity contribution is 7.89. The molecule has 142 valence electrons. The van der Waals surface area contributed by atoms with Crippen LogP contribution < -0.4 is 0 Å². The van der Waals surface area contributed by atoms with Crippen molar-refractivity contribution in [2.24, 2.45) is 0 Å². The summed E-state index contributed by atoms with van der Waals surface area (Å²) in [6.45, 7) is 2.85. The first-order valence-corrected chi connectivity index (χ1v) is 9.26. The zero-order valence-corrected chi connectivity index (χ0v) is 15.0. The van der Waals surface area contributed by atoms with Crippen LogP contribution in [0.15, 0.2) is 17.0 Å².